The molecule has 1 atom stereocenters. The minimum atomic E-state index is 0.764. The van der Waals surface area contributed by atoms with Gasteiger partial charge in [0.25, 0.3) is 0 Å². The number of rotatable bonds is 5. The van der Waals surface area contributed by atoms with Gasteiger partial charge in [0, 0.05) is 12.1 Å². The Labute approximate surface area is 88.7 Å². The van der Waals surface area contributed by atoms with Gasteiger partial charge < -0.3 is 5.32 Å². The van der Waals surface area contributed by atoms with Crippen molar-refractivity contribution >= 4 is 0 Å². The molecule has 0 amide bonds. The van der Waals surface area contributed by atoms with Crippen molar-refractivity contribution in [3.63, 3.8) is 0 Å². The van der Waals surface area contributed by atoms with Crippen LogP contribution in [0.15, 0.2) is 0 Å². The average molecular weight is 195 g/mol. The van der Waals surface area contributed by atoms with Gasteiger partial charge in [0.05, 0.1) is 0 Å². The van der Waals surface area contributed by atoms with Gasteiger partial charge in [-0.05, 0) is 43.9 Å². The molecule has 0 aromatic heterocycles. The molecule has 0 aromatic rings. The fourth-order valence-corrected chi connectivity index (χ4v) is 2.67. The second kappa shape index (κ2) is 4.22. The molecule has 2 saturated carbocycles. The molecule has 1 unspecified atom stereocenters. The first-order valence-electron chi connectivity index (χ1n) is 6.41. The maximum atomic E-state index is 3.77. The molecule has 1 nitrogen and oxygen atoms in total. The van der Waals surface area contributed by atoms with Crippen LogP contribution in [0.1, 0.15) is 52.9 Å². The van der Waals surface area contributed by atoms with E-state index >= 15 is 0 Å². The number of hydrogen-bond acceptors (Lipinski definition) is 1. The van der Waals surface area contributed by atoms with Gasteiger partial charge in [-0.15, -0.1) is 0 Å². The zero-order valence-electron chi connectivity index (χ0n) is 9.92. The lowest BCUT2D eigenvalue weighted by Crippen LogP contribution is -2.46. The summed E-state index contributed by atoms with van der Waals surface area (Å²) in [5, 5.41) is 3.77. The summed E-state index contributed by atoms with van der Waals surface area (Å²) in [6, 6.07) is 1.61. The van der Waals surface area contributed by atoms with Gasteiger partial charge in [-0.3, -0.25) is 0 Å². The molecule has 2 aliphatic carbocycles. The second-order valence-electron chi connectivity index (χ2n) is 5.92. The van der Waals surface area contributed by atoms with E-state index in [1.54, 1.807) is 0 Å². The van der Waals surface area contributed by atoms with E-state index in [1.807, 2.05) is 0 Å². The van der Waals surface area contributed by atoms with E-state index in [1.165, 1.54) is 32.1 Å². The Balaban J connectivity index is 1.58. The van der Waals surface area contributed by atoms with Crippen LogP contribution in [-0.4, -0.2) is 12.1 Å². The normalized spacial score (nSPS) is 34.3. The molecular weight excluding hydrogens is 170 g/mol. The molecule has 0 aliphatic heterocycles. The average Bonchev–Trinajstić information content (AvgIpc) is 2.78. The fraction of sp³-hybridized carbons (Fsp3) is 1.00. The molecule has 2 rings (SSSR count). The van der Waals surface area contributed by atoms with Crippen molar-refractivity contribution in [1.29, 1.82) is 0 Å². The first kappa shape index (κ1) is 10.5. The number of nitrogens with one attached hydrogen (secondary N) is 1. The zero-order chi connectivity index (χ0) is 10.1. The third-order valence-corrected chi connectivity index (χ3v) is 4.02. The van der Waals surface area contributed by atoms with Crippen LogP contribution >= 0.6 is 0 Å². The van der Waals surface area contributed by atoms with E-state index in [0.717, 1.165) is 29.8 Å². The largest absolute Gasteiger partial charge is 0.311 e. The summed E-state index contributed by atoms with van der Waals surface area (Å²) < 4.78 is 0. The summed E-state index contributed by atoms with van der Waals surface area (Å²) >= 11 is 0. The van der Waals surface area contributed by atoms with Gasteiger partial charge in [0.15, 0.2) is 0 Å². The molecular formula is C13H25N. The van der Waals surface area contributed by atoms with Crippen LogP contribution in [0.2, 0.25) is 0 Å². The summed E-state index contributed by atoms with van der Waals surface area (Å²) in [7, 11) is 0. The topological polar surface area (TPSA) is 12.0 Å². The smallest absolute Gasteiger partial charge is 0.00750 e. The molecule has 0 bridgehead atoms. The van der Waals surface area contributed by atoms with Crippen molar-refractivity contribution in [2.45, 2.75) is 65.0 Å². The summed E-state index contributed by atoms with van der Waals surface area (Å²) in [5.41, 5.74) is 0. The van der Waals surface area contributed by atoms with E-state index in [-0.39, 0.29) is 0 Å². The Morgan fingerprint density at radius 2 is 1.79 bits per heavy atom. The highest BCUT2D eigenvalue weighted by molar-refractivity contribution is 4.89. The third kappa shape index (κ3) is 2.73. The van der Waals surface area contributed by atoms with Gasteiger partial charge in [0.1, 0.15) is 0 Å². The lowest BCUT2D eigenvalue weighted by atomic mass is 9.73. The quantitative estimate of drug-likeness (QED) is 0.710. The van der Waals surface area contributed by atoms with Gasteiger partial charge in [-0.1, -0.05) is 26.7 Å². The zero-order valence-corrected chi connectivity index (χ0v) is 9.92. The minimum Gasteiger partial charge on any atom is -0.311 e. The van der Waals surface area contributed by atoms with Crippen LogP contribution in [-0.2, 0) is 0 Å². The van der Waals surface area contributed by atoms with Crippen molar-refractivity contribution in [2.24, 2.45) is 17.8 Å². The van der Waals surface area contributed by atoms with E-state index in [4.69, 9.17) is 0 Å². The highest BCUT2D eigenvalue weighted by Gasteiger charge is 2.32. The van der Waals surface area contributed by atoms with Crippen LogP contribution < -0.4 is 5.32 Å². The van der Waals surface area contributed by atoms with Gasteiger partial charge in [0.2, 0.25) is 0 Å². The Morgan fingerprint density at radius 3 is 2.29 bits per heavy atom. The first-order chi connectivity index (χ1) is 6.65. The van der Waals surface area contributed by atoms with Gasteiger partial charge >= 0.3 is 0 Å². The molecule has 82 valence electrons. The van der Waals surface area contributed by atoms with Crippen LogP contribution in [0.5, 0.6) is 0 Å². The van der Waals surface area contributed by atoms with Crippen LogP contribution in [0, 0.1) is 17.8 Å². The van der Waals surface area contributed by atoms with Crippen molar-refractivity contribution in [3.05, 3.63) is 0 Å². The highest BCUT2D eigenvalue weighted by Crippen LogP contribution is 2.36. The van der Waals surface area contributed by atoms with Crippen LogP contribution in [0.3, 0.4) is 0 Å². The Bertz CT molecular complexity index is 178. The predicted octanol–water partition coefficient (Wildman–Crippen LogP) is 3.20. The predicted molar refractivity (Wildman–Crippen MR) is 61.3 cm³/mol. The second-order valence-corrected chi connectivity index (χ2v) is 5.92. The Kier molecular flexibility index (Phi) is 3.16. The van der Waals surface area contributed by atoms with Crippen LogP contribution in [0.25, 0.3) is 0 Å². The maximum Gasteiger partial charge on any atom is 0.00750 e. The Morgan fingerprint density at radius 1 is 1.14 bits per heavy atom. The third-order valence-electron chi connectivity index (χ3n) is 4.02. The van der Waals surface area contributed by atoms with Gasteiger partial charge in [-0.25, -0.2) is 0 Å². The van der Waals surface area contributed by atoms with Crippen molar-refractivity contribution < 1.29 is 0 Å². The molecule has 0 heterocycles. The summed E-state index contributed by atoms with van der Waals surface area (Å²) in [5.74, 6) is 2.96. The monoisotopic (exact) mass is 195 g/mol. The van der Waals surface area contributed by atoms with Gasteiger partial charge in [-0.2, -0.15) is 0 Å². The number of hydrogen-bond donors (Lipinski definition) is 1. The standard InChI is InChI=1S/C13H25N/c1-9(2)12-7-13(8-12)14-10(3)6-11-4-5-11/h9-14H,4-8H2,1-3H3. The molecule has 0 aromatic carbocycles. The van der Waals surface area contributed by atoms with Crippen molar-refractivity contribution in [1.82, 2.24) is 5.32 Å². The molecule has 14 heavy (non-hydrogen) atoms. The van der Waals surface area contributed by atoms with E-state index in [2.05, 4.69) is 26.1 Å². The maximum absolute atomic E-state index is 3.77. The molecule has 0 radical (unpaired) electrons. The first-order valence-corrected chi connectivity index (χ1v) is 6.41. The Hall–Kier alpha value is -0.0400. The molecule has 1 N–H and O–H groups in total. The molecule has 2 aliphatic rings. The minimum absolute atomic E-state index is 0.764. The van der Waals surface area contributed by atoms with Crippen molar-refractivity contribution in [3.8, 4) is 0 Å². The SMILES string of the molecule is CC(CC1CC1)NC1CC(C(C)C)C1. The lowest BCUT2D eigenvalue weighted by Gasteiger charge is -2.40. The molecule has 2 fully saturated rings. The molecule has 1 heteroatoms. The van der Waals surface area contributed by atoms with E-state index in [9.17, 15) is 0 Å². The lowest BCUT2D eigenvalue weighted by molar-refractivity contribution is 0.157. The summed E-state index contributed by atoms with van der Waals surface area (Å²) in [4.78, 5) is 0. The fourth-order valence-electron chi connectivity index (χ4n) is 2.67. The van der Waals surface area contributed by atoms with E-state index < -0.39 is 0 Å². The highest BCUT2D eigenvalue weighted by atomic mass is 15.0. The summed E-state index contributed by atoms with van der Waals surface area (Å²) in [6.45, 7) is 7.07. The van der Waals surface area contributed by atoms with Crippen molar-refractivity contribution in [2.75, 3.05) is 0 Å². The van der Waals surface area contributed by atoms with Crippen LogP contribution in [0.4, 0.5) is 0 Å². The van der Waals surface area contributed by atoms with E-state index in [0.29, 0.717) is 0 Å². The molecule has 0 saturated heterocycles. The molecule has 0 spiro atoms. The summed E-state index contributed by atoms with van der Waals surface area (Å²) in [6.07, 6.45) is 7.25.